The molecule has 0 aliphatic rings. The number of anilines is 2. The van der Waals surface area contributed by atoms with Gasteiger partial charge in [-0.05, 0) is 68.5 Å². The number of nitrogens with one attached hydrogen (secondary N) is 2. The highest BCUT2D eigenvalue weighted by atomic mass is 32.2. The Kier molecular flexibility index (Phi) is 8.06. The van der Waals surface area contributed by atoms with Crippen molar-refractivity contribution in [1.29, 1.82) is 0 Å². The summed E-state index contributed by atoms with van der Waals surface area (Å²) in [6.45, 7) is 14.6. The van der Waals surface area contributed by atoms with E-state index in [2.05, 4.69) is 70.6 Å². The van der Waals surface area contributed by atoms with E-state index in [1.54, 1.807) is 11.8 Å². The Morgan fingerprint density at radius 2 is 1.82 bits per heavy atom. The van der Waals surface area contributed by atoms with E-state index in [4.69, 9.17) is 4.74 Å². The minimum Gasteiger partial charge on any atom is -0.492 e. The molecule has 0 saturated carbocycles. The summed E-state index contributed by atoms with van der Waals surface area (Å²) in [5, 5.41) is 11.9. The molecule has 2 heterocycles. The molecule has 0 unspecified atom stereocenters. The van der Waals surface area contributed by atoms with E-state index in [0.717, 1.165) is 39.7 Å². The monoisotopic (exact) mass is 547 g/mol. The average molecular weight is 548 g/mol. The van der Waals surface area contributed by atoms with Gasteiger partial charge in [-0.25, -0.2) is 9.67 Å². The molecule has 0 radical (unpaired) electrons. The Labute approximate surface area is 234 Å². The van der Waals surface area contributed by atoms with Gasteiger partial charge in [-0.15, -0.1) is 5.10 Å². The molecule has 9 nitrogen and oxygen atoms in total. The van der Waals surface area contributed by atoms with Crippen molar-refractivity contribution >= 4 is 29.2 Å². The van der Waals surface area contributed by atoms with Gasteiger partial charge in [-0.1, -0.05) is 44.0 Å². The van der Waals surface area contributed by atoms with E-state index < -0.39 is 0 Å². The number of methoxy groups -OCH3 is 1. The summed E-state index contributed by atoms with van der Waals surface area (Å²) in [5.41, 5.74) is 6.23. The van der Waals surface area contributed by atoms with Gasteiger partial charge in [0.1, 0.15) is 11.5 Å². The molecular weight excluding hydrogens is 510 g/mol. The first-order valence-electron chi connectivity index (χ1n) is 12.8. The lowest BCUT2D eigenvalue weighted by atomic mass is 9.86. The van der Waals surface area contributed by atoms with Crippen molar-refractivity contribution in [1.82, 2.24) is 24.5 Å². The molecule has 10 heteroatoms. The van der Waals surface area contributed by atoms with Crippen molar-refractivity contribution in [3.05, 3.63) is 65.2 Å². The summed E-state index contributed by atoms with van der Waals surface area (Å²) >= 11 is 1.47. The number of hydrogen-bond acceptors (Lipinski definition) is 7. The molecule has 0 atom stereocenters. The summed E-state index contributed by atoms with van der Waals surface area (Å²) < 4.78 is 12.8. The van der Waals surface area contributed by atoms with Gasteiger partial charge in [-0.3, -0.25) is 4.79 Å². The number of amides is 1. The maximum atomic E-state index is 13.5. The van der Waals surface area contributed by atoms with Crippen LogP contribution < -0.4 is 14.8 Å². The number of rotatable bonds is 8. The lowest BCUT2D eigenvalue weighted by molar-refractivity contribution is 0.102. The van der Waals surface area contributed by atoms with Crippen molar-refractivity contribution in [3.63, 3.8) is 0 Å². The number of benzene rings is 2. The Balaban J connectivity index is 1.69. The van der Waals surface area contributed by atoms with E-state index in [1.165, 1.54) is 11.9 Å². The van der Waals surface area contributed by atoms with Gasteiger partial charge in [0.15, 0.2) is 5.75 Å². The molecule has 0 spiro atoms. The summed E-state index contributed by atoms with van der Waals surface area (Å²) in [6.07, 6.45) is 5.64. The van der Waals surface area contributed by atoms with Crippen molar-refractivity contribution in [2.24, 2.45) is 0 Å². The molecule has 4 rings (SSSR count). The second-order valence-electron chi connectivity index (χ2n) is 10.8. The number of nitrogens with zero attached hydrogens (tertiary/aromatic N) is 5. The zero-order valence-corrected chi connectivity index (χ0v) is 24.9. The molecule has 1 amide bonds. The Morgan fingerprint density at radius 3 is 2.46 bits per heavy atom. The molecular formula is C29H37N7O2S. The number of carbonyl (C=O) groups excluding carboxylic acids is 1. The number of ether oxygens (including phenoxy) is 1. The van der Waals surface area contributed by atoms with Crippen molar-refractivity contribution in [2.45, 2.75) is 59.9 Å². The third-order valence-electron chi connectivity index (χ3n) is 6.59. The fraction of sp³-hybridized carbons (Fsp3) is 0.379. The second-order valence-corrected chi connectivity index (χ2v) is 11.4. The molecule has 206 valence electrons. The summed E-state index contributed by atoms with van der Waals surface area (Å²) in [7, 11) is 1.60. The number of hydrogen-bond donors (Lipinski definition) is 2. The Hall–Kier alpha value is -3.79. The third-order valence-corrected chi connectivity index (χ3v) is 7.02. The molecule has 0 saturated heterocycles. The standard InChI is InChI=1S/C29H37N7O2S/c1-17(2)36-19(4)30-15-26(36)24-16-35(34-32-24)25-12-20(11-10-18(25)3)28(37)31-22-13-21(29(5,6)7)14-23(33-39-9)27(22)38-8/h10-17,33H,1-9H3,(H,31,37). The molecule has 2 aromatic heterocycles. The zero-order chi connectivity index (χ0) is 28.5. The van der Waals surface area contributed by atoms with E-state index in [-0.39, 0.29) is 17.4 Å². The smallest absolute Gasteiger partial charge is 0.255 e. The lowest BCUT2D eigenvalue weighted by Crippen LogP contribution is -2.17. The molecule has 0 fully saturated rings. The van der Waals surface area contributed by atoms with E-state index in [1.807, 2.05) is 56.8 Å². The van der Waals surface area contributed by atoms with Gasteiger partial charge in [0.25, 0.3) is 5.91 Å². The van der Waals surface area contributed by atoms with Crippen LogP contribution in [0, 0.1) is 13.8 Å². The van der Waals surface area contributed by atoms with Crippen LogP contribution in [0.25, 0.3) is 17.1 Å². The van der Waals surface area contributed by atoms with Crippen LogP contribution in [-0.4, -0.2) is 43.8 Å². The first-order valence-corrected chi connectivity index (χ1v) is 14.1. The first-order chi connectivity index (χ1) is 18.4. The number of carbonyl (C=O) groups is 1. The zero-order valence-electron chi connectivity index (χ0n) is 24.1. The molecule has 2 N–H and O–H groups in total. The first kappa shape index (κ1) is 28.2. The largest absolute Gasteiger partial charge is 0.492 e. The summed E-state index contributed by atoms with van der Waals surface area (Å²) in [5.74, 6) is 1.26. The van der Waals surface area contributed by atoms with Crippen LogP contribution in [-0.2, 0) is 5.41 Å². The second kappa shape index (κ2) is 11.1. The fourth-order valence-corrected chi connectivity index (χ4v) is 4.92. The SMILES string of the molecule is COc1c(NSC)cc(C(C)(C)C)cc1NC(=O)c1ccc(C)c(-n2cc(-c3cnc(C)n3C(C)C)nn2)c1. The lowest BCUT2D eigenvalue weighted by Gasteiger charge is -2.24. The fourth-order valence-electron chi connectivity index (χ4n) is 4.55. The average Bonchev–Trinajstić information content (AvgIpc) is 3.50. The summed E-state index contributed by atoms with van der Waals surface area (Å²) in [4.78, 5) is 18.0. The van der Waals surface area contributed by atoms with Crippen LogP contribution in [0.1, 0.15) is 68.0 Å². The third kappa shape index (κ3) is 5.80. The predicted octanol–water partition coefficient (Wildman–Crippen LogP) is 6.58. The maximum absolute atomic E-state index is 13.5. The van der Waals surface area contributed by atoms with Gasteiger partial charge in [0.2, 0.25) is 0 Å². The van der Waals surface area contributed by atoms with Crippen molar-refractivity contribution < 1.29 is 9.53 Å². The van der Waals surface area contributed by atoms with Crippen LogP contribution >= 0.6 is 11.9 Å². The number of aromatic nitrogens is 5. The maximum Gasteiger partial charge on any atom is 0.255 e. The van der Waals surface area contributed by atoms with Gasteiger partial charge in [0.05, 0.1) is 42.3 Å². The van der Waals surface area contributed by atoms with Crippen LogP contribution in [0.2, 0.25) is 0 Å². The van der Waals surface area contributed by atoms with Gasteiger partial charge in [0, 0.05) is 17.9 Å². The van der Waals surface area contributed by atoms with Crippen LogP contribution in [0.15, 0.2) is 42.7 Å². The van der Waals surface area contributed by atoms with Crippen LogP contribution in [0.5, 0.6) is 5.75 Å². The Bertz CT molecular complexity index is 1500. The van der Waals surface area contributed by atoms with E-state index >= 15 is 0 Å². The molecule has 0 aliphatic carbocycles. The normalized spacial score (nSPS) is 11.6. The predicted molar refractivity (Wildman–Crippen MR) is 159 cm³/mol. The Morgan fingerprint density at radius 1 is 1.10 bits per heavy atom. The molecule has 0 bridgehead atoms. The molecule has 2 aromatic carbocycles. The topological polar surface area (TPSA) is 98.9 Å². The van der Waals surface area contributed by atoms with Gasteiger partial charge in [-0.2, -0.15) is 0 Å². The highest BCUT2D eigenvalue weighted by Crippen LogP contribution is 2.39. The molecule has 4 aromatic rings. The van der Waals surface area contributed by atoms with Crippen molar-refractivity contribution in [3.8, 4) is 22.8 Å². The van der Waals surface area contributed by atoms with Crippen LogP contribution in [0.3, 0.4) is 0 Å². The highest BCUT2D eigenvalue weighted by Gasteiger charge is 2.22. The van der Waals surface area contributed by atoms with Gasteiger partial charge >= 0.3 is 0 Å². The highest BCUT2D eigenvalue weighted by molar-refractivity contribution is 7.99. The number of imidazole rings is 1. The number of aryl methyl sites for hydroxylation is 2. The minimum atomic E-state index is -0.246. The molecule has 39 heavy (non-hydrogen) atoms. The van der Waals surface area contributed by atoms with Crippen LogP contribution in [0.4, 0.5) is 11.4 Å². The van der Waals surface area contributed by atoms with E-state index in [0.29, 0.717) is 17.0 Å². The molecule has 0 aliphatic heterocycles. The minimum absolute atomic E-state index is 0.119. The van der Waals surface area contributed by atoms with Crippen molar-refractivity contribution in [2.75, 3.05) is 23.4 Å². The quantitative estimate of drug-likeness (QED) is 0.241. The van der Waals surface area contributed by atoms with E-state index in [9.17, 15) is 4.79 Å². The summed E-state index contributed by atoms with van der Waals surface area (Å²) in [6, 6.07) is 9.82. The van der Waals surface area contributed by atoms with Gasteiger partial charge < -0.3 is 19.3 Å².